The minimum atomic E-state index is -0.442. The Morgan fingerprint density at radius 2 is 2.31 bits per heavy atom. The molecule has 0 aliphatic heterocycles. The van der Waals surface area contributed by atoms with Crippen molar-refractivity contribution in [2.24, 2.45) is 5.73 Å². The van der Waals surface area contributed by atoms with Crippen LogP contribution in [0.4, 0.5) is 0 Å². The summed E-state index contributed by atoms with van der Waals surface area (Å²) in [6.07, 6.45) is 0. The average Bonchev–Trinajstić information content (AvgIpc) is 2.17. The fraction of sp³-hybridized carbons (Fsp3) is 0.222. The molecule has 0 spiro atoms. The van der Waals surface area contributed by atoms with Crippen molar-refractivity contribution in [3.63, 3.8) is 0 Å². The first-order valence-electron chi connectivity index (χ1n) is 3.75. The highest BCUT2D eigenvalue weighted by molar-refractivity contribution is 9.10. The van der Waals surface area contributed by atoms with Gasteiger partial charge in [0.15, 0.2) is 0 Å². The van der Waals surface area contributed by atoms with Crippen molar-refractivity contribution in [3.8, 4) is 6.07 Å². The molecule has 13 heavy (non-hydrogen) atoms. The largest absolute Gasteiger partial charge is 0.394 e. The van der Waals surface area contributed by atoms with E-state index in [4.69, 9.17) is 16.1 Å². The monoisotopic (exact) mass is 240 g/mol. The molecule has 1 aromatic carbocycles. The molecule has 0 aliphatic rings. The van der Waals surface area contributed by atoms with Crippen molar-refractivity contribution in [2.75, 3.05) is 6.61 Å². The Morgan fingerprint density at radius 1 is 1.62 bits per heavy atom. The predicted molar refractivity (Wildman–Crippen MR) is 52.9 cm³/mol. The van der Waals surface area contributed by atoms with E-state index in [1.807, 2.05) is 6.07 Å². The van der Waals surface area contributed by atoms with Gasteiger partial charge in [0.05, 0.1) is 24.3 Å². The number of aliphatic hydroxyl groups excluding tert-OH is 1. The molecule has 0 heterocycles. The molecule has 0 fully saturated rings. The summed E-state index contributed by atoms with van der Waals surface area (Å²) in [5, 5.41) is 17.5. The van der Waals surface area contributed by atoms with Crippen LogP contribution in [-0.4, -0.2) is 11.7 Å². The lowest BCUT2D eigenvalue weighted by molar-refractivity contribution is 0.267. The van der Waals surface area contributed by atoms with Gasteiger partial charge in [-0.1, -0.05) is 15.9 Å². The van der Waals surface area contributed by atoms with Crippen LogP contribution in [-0.2, 0) is 0 Å². The number of aliphatic hydroxyl groups is 1. The van der Waals surface area contributed by atoms with E-state index in [0.29, 0.717) is 5.56 Å². The third-order valence-electron chi connectivity index (χ3n) is 1.72. The highest BCUT2D eigenvalue weighted by atomic mass is 79.9. The zero-order valence-corrected chi connectivity index (χ0v) is 8.45. The summed E-state index contributed by atoms with van der Waals surface area (Å²) < 4.78 is 0.813. The highest BCUT2D eigenvalue weighted by Gasteiger charge is 2.09. The lowest BCUT2D eigenvalue weighted by atomic mass is 10.1. The maximum atomic E-state index is 8.85. The number of rotatable bonds is 2. The van der Waals surface area contributed by atoms with Crippen LogP contribution in [0.5, 0.6) is 0 Å². The third kappa shape index (κ3) is 2.28. The number of nitrogens with zero attached hydrogens (tertiary/aromatic N) is 1. The second kappa shape index (κ2) is 4.38. The number of benzene rings is 1. The fourth-order valence-corrected chi connectivity index (χ4v) is 1.54. The van der Waals surface area contributed by atoms with Gasteiger partial charge in [-0.25, -0.2) is 0 Å². The van der Waals surface area contributed by atoms with Gasteiger partial charge in [0.25, 0.3) is 0 Å². The molecule has 0 bridgehead atoms. The molecule has 0 saturated carbocycles. The smallest absolute Gasteiger partial charge is 0.0991 e. The van der Waals surface area contributed by atoms with Crippen molar-refractivity contribution in [2.45, 2.75) is 6.04 Å². The molecule has 0 aliphatic carbocycles. The summed E-state index contributed by atoms with van der Waals surface area (Å²) >= 11 is 3.30. The van der Waals surface area contributed by atoms with Crippen molar-refractivity contribution in [1.82, 2.24) is 0 Å². The molecule has 3 nitrogen and oxygen atoms in total. The minimum Gasteiger partial charge on any atom is -0.394 e. The first kappa shape index (κ1) is 10.2. The first-order valence-corrected chi connectivity index (χ1v) is 4.54. The van der Waals surface area contributed by atoms with Gasteiger partial charge in [-0.3, -0.25) is 0 Å². The second-order valence-electron chi connectivity index (χ2n) is 2.64. The molecule has 1 atom stereocenters. The zero-order valence-electron chi connectivity index (χ0n) is 6.87. The standard InChI is InChI=1S/C9H9BrN2O/c10-8-2-1-6(4-11)3-7(8)9(12)5-13/h1-3,9,13H,5,12H2/t9-/m1/s1. The third-order valence-corrected chi connectivity index (χ3v) is 2.44. The van der Waals surface area contributed by atoms with Crippen molar-refractivity contribution >= 4 is 15.9 Å². The van der Waals surface area contributed by atoms with E-state index in [0.717, 1.165) is 10.0 Å². The molecule has 1 aromatic rings. The van der Waals surface area contributed by atoms with Crippen molar-refractivity contribution in [3.05, 3.63) is 33.8 Å². The zero-order chi connectivity index (χ0) is 9.84. The summed E-state index contributed by atoms with van der Waals surface area (Å²) in [6.45, 7) is -0.131. The minimum absolute atomic E-state index is 0.131. The van der Waals surface area contributed by atoms with Crippen molar-refractivity contribution < 1.29 is 5.11 Å². The van der Waals surface area contributed by atoms with Gasteiger partial charge in [0.2, 0.25) is 0 Å². The van der Waals surface area contributed by atoms with Gasteiger partial charge in [0.1, 0.15) is 0 Å². The van der Waals surface area contributed by atoms with Gasteiger partial charge in [0, 0.05) is 4.47 Å². The molecule has 0 radical (unpaired) electrons. The quantitative estimate of drug-likeness (QED) is 0.820. The normalized spacial score (nSPS) is 12.2. The number of halogens is 1. The van der Waals surface area contributed by atoms with Crippen molar-refractivity contribution in [1.29, 1.82) is 5.26 Å². The maximum absolute atomic E-state index is 8.85. The molecule has 68 valence electrons. The average molecular weight is 241 g/mol. The van der Waals surface area contributed by atoms with Crippen LogP contribution in [0.1, 0.15) is 17.2 Å². The Balaban J connectivity index is 3.12. The van der Waals surface area contributed by atoms with Gasteiger partial charge < -0.3 is 10.8 Å². The van der Waals surface area contributed by atoms with Crippen LogP contribution in [0, 0.1) is 11.3 Å². The predicted octanol–water partition coefficient (Wildman–Crippen LogP) is 1.31. The summed E-state index contributed by atoms with van der Waals surface area (Å²) in [5.74, 6) is 0. The summed E-state index contributed by atoms with van der Waals surface area (Å²) in [7, 11) is 0. The Morgan fingerprint density at radius 3 is 2.85 bits per heavy atom. The van der Waals surface area contributed by atoms with Crippen LogP contribution >= 0.6 is 15.9 Å². The van der Waals surface area contributed by atoms with Gasteiger partial charge in [-0.2, -0.15) is 5.26 Å². The lowest BCUT2D eigenvalue weighted by Crippen LogP contribution is -2.15. The van der Waals surface area contributed by atoms with Crippen LogP contribution in [0.25, 0.3) is 0 Å². The highest BCUT2D eigenvalue weighted by Crippen LogP contribution is 2.22. The molecular weight excluding hydrogens is 232 g/mol. The van der Waals surface area contributed by atoms with Crippen LogP contribution in [0.15, 0.2) is 22.7 Å². The molecule has 0 saturated heterocycles. The molecule has 4 heteroatoms. The molecular formula is C9H9BrN2O. The van der Waals surface area contributed by atoms with E-state index in [9.17, 15) is 0 Å². The van der Waals surface area contributed by atoms with E-state index in [1.54, 1.807) is 18.2 Å². The SMILES string of the molecule is N#Cc1ccc(Br)c([C@H](N)CO)c1. The van der Waals surface area contributed by atoms with E-state index >= 15 is 0 Å². The van der Waals surface area contributed by atoms with E-state index in [2.05, 4.69) is 15.9 Å². The number of hydrogen-bond acceptors (Lipinski definition) is 3. The number of hydrogen-bond donors (Lipinski definition) is 2. The topological polar surface area (TPSA) is 70.0 Å². The summed E-state index contributed by atoms with van der Waals surface area (Å²) in [4.78, 5) is 0. The number of nitrogens with two attached hydrogens (primary N) is 1. The number of nitriles is 1. The molecule has 0 amide bonds. The van der Waals surface area contributed by atoms with Gasteiger partial charge in [-0.05, 0) is 23.8 Å². The van der Waals surface area contributed by atoms with Gasteiger partial charge >= 0.3 is 0 Å². The fourth-order valence-electron chi connectivity index (χ4n) is 0.996. The molecule has 3 N–H and O–H groups in total. The molecule has 0 unspecified atom stereocenters. The summed E-state index contributed by atoms with van der Waals surface area (Å²) in [6, 6.07) is 6.69. The Labute approximate surface area is 84.9 Å². The van der Waals surface area contributed by atoms with Gasteiger partial charge in [-0.15, -0.1) is 0 Å². The van der Waals surface area contributed by atoms with E-state index in [-0.39, 0.29) is 6.61 Å². The lowest BCUT2D eigenvalue weighted by Gasteiger charge is -2.10. The summed E-state index contributed by atoms with van der Waals surface area (Å²) in [5.41, 5.74) is 6.92. The van der Waals surface area contributed by atoms with Crippen LogP contribution < -0.4 is 5.73 Å². The molecule has 0 aromatic heterocycles. The molecule has 1 rings (SSSR count). The van der Waals surface area contributed by atoms with Crippen LogP contribution in [0.3, 0.4) is 0 Å². The Hall–Kier alpha value is -0.890. The Kier molecular flexibility index (Phi) is 3.43. The van der Waals surface area contributed by atoms with E-state index < -0.39 is 6.04 Å². The maximum Gasteiger partial charge on any atom is 0.0991 e. The Bertz CT molecular complexity index is 346. The second-order valence-corrected chi connectivity index (χ2v) is 3.49. The van der Waals surface area contributed by atoms with Crippen LogP contribution in [0.2, 0.25) is 0 Å². The first-order chi connectivity index (χ1) is 6.19. The van der Waals surface area contributed by atoms with E-state index in [1.165, 1.54) is 0 Å².